The van der Waals surface area contributed by atoms with Gasteiger partial charge in [-0.15, -0.1) is 0 Å². The largest absolute Gasteiger partial charge is 0.378 e. The number of hydrogen-bond donors (Lipinski definition) is 1. The maximum absolute atomic E-state index is 4.64. The van der Waals surface area contributed by atoms with Gasteiger partial charge in [0, 0.05) is 19.6 Å². The lowest BCUT2D eigenvalue weighted by molar-refractivity contribution is 0.344. The lowest BCUT2D eigenvalue weighted by Crippen LogP contribution is -2.51. The van der Waals surface area contributed by atoms with E-state index in [1.807, 2.05) is 0 Å². The standard InChI is InChI=1S/C13H22N4/c1-4-17-13-12(10(3)15-17)14-8-11-9(2)6-5-7-16(11)13/h9,11,14H,4-8H2,1-3H3. The number of fused-ring (bicyclic) bond motifs is 3. The van der Waals surface area contributed by atoms with Crippen LogP contribution in [-0.4, -0.2) is 28.9 Å². The van der Waals surface area contributed by atoms with Crippen LogP contribution in [0, 0.1) is 12.8 Å². The van der Waals surface area contributed by atoms with Gasteiger partial charge in [0.1, 0.15) is 5.69 Å². The minimum atomic E-state index is 0.651. The molecule has 2 aliphatic heterocycles. The summed E-state index contributed by atoms with van der Waals surface area (Å²) in [6, 6.07) is 0.651. The van der Waals surface area contributed by atoms with Crippen molar-refractivity contribution in [2.75, 3.05) is 23.3 Å². The van der Waals surface area contributed by atoms with Gasteiger partial charge < -0.3 is 10.2 Å². The van der Waals surface area contributed by atoms with Crippen molar-refractivity contribution < 1.29 is 0 Å². The van der Waals surface area contributed by atoms with Gasteiger partial charge in [-0.1, -0.05) is 6.92 Å². The number of aryl methyl sites for hydroxylation is 2. The summed E-state index contributed by atoms with van der Waals surface area (Å²) >= 11 is 0. The molecule has 2 aliphatic rings. The molecule has 0 aliphatic carbocycles. The molecule has 2 unspecified atom stereocenters. The first-order valence-electron chi connectivity index (χ1n) is 6.80. The molecule has 1 aromatic heterocycles. The Morgan fingerprint density at radius 1 is 1.47 bits per heavy atom. The first-order valence-corrected chi connectivity index (χ1v) is 6.80. The highest BCUT2D eigenvalue weighted by atomic mass is 15.4. The van der Waals surface area contributed by atoms with Crippen LogP contribution in [0.4, 0.5) is 11.5 Å². The van der Waals surface area contributed by atoms with Crippen molar-refractivity contribution in [3.63, 3.8) is 0 Å². The van der Waals surface area contributed by atoms with Crippen LogP contribution < -0.4 is 10.2 Å². The highest BCUT2D eigenvalue weighted by Crippen LogP contribution is 2.39. The van der Waals surface area contributed by atoms with E-state index in [1.54, 1.807) is 0 Å². The molecule has 4 nitrogen and oxygen atoms in total. The summed E-state index contributed by atoms with van der Waals surface area (Å²) in [7, 11) is 0. The summed E-state index contributed by atoms with van der Waals surface area (Å²) in [5.41, 5.74) is 2.40. The van der Waals surface area contributed by atoms with Crippen LogP contribution in [0.25, 0.3) is 0 Å². The van der Waals surface area contributed by atoms with Gasteiger partial charge in [0.25, 0.3) is 0 Å². The fourth-order valence-electron chi connectivity index (χ4n) is 3.32. The highest BCUT2D eigenvalue weighted by Gasteiger charge is 2.36. The number of piperidine rings is 1. The van der Waals surface area contributed by atoms with Gasteiger partial charge in [0.2, 0.25) is 0 Å². The number of anilines is 2. The average molecular weight is 234 g/mol. The van der Waals surface area contributed by atoms with Gasteiger partial charge in [-0.2, -0.15) is 5.10 Å². The Balaban J connectivity index is 2.05. The van der Waals surface area contributed by atoms with E-state index in [1.165, 1.54) is 30.9 Å². The van der Waals surface area contributed by atoms with Crippen LogP contribution in [0.2, 0.25) is 0 Å². The monoisotopic (exact) mass is 234 g/mol. The minimum Gasteiger partial charge on any atom is -0.378 e. The number of hydrogen-bond acceptors (Lipinski definition) is 3. The smallest absolute Gasteiger partial charge is 0.151 e. The molecule has 1 fully saturated rings. The molecule has 0 spiro atoms. The van der Waals surface area contributed by atoms with Gasteiger partial charge in [-0.3, -0.25) is 0 Å². The molecule has 0 radical (unpaired) electrons. The van der Waals surface area contributed by atoms with E-state index in [0.717, 1.165) is 24.7 Å². The Morgan fingerprint density at radius 2 is 2.29 bits per heavy atom. The van der Waals surface area contributed by atoms with Crippen LogP contribution in [0.5, 0.6) is 0 Å². The van der Waals surface area contributed by atoms with Gasteiger partial charge in [-0.25, -0.2) is 4.68 Å². The molecule has 0 saturated carbocycles. The zero-order valence-electron chi connectivity index (χ0n) is 11.0. The molecule has 1 aromatic rings. The minimum absolute atomic E-state index is 0.651. The molecular weight excluding hydrogens is 212 g/mol. The van der Waals surface area contributed by atoms with E-state index in [4.69, 9.17) is 0 Å². The normalized spacial score (nSPS) is 27.4. The van der Waals surface area contributed by atoms with Crippen molar-refractivity contribution >= 4 is 11.5 Å². The second-order valence-corrected chi connectivity index (χ2v) is 5.36. The predicted molar refractivity (Wildman–Crippen MR) is 70.7 cm³/mol. The van der Waals surface area contributed by atoms with E-state index in [9.17, 15) is 0 Å². The van der Waals surface area contributed by atoms with Gasteiger partial charge in [0.05, 0.1) is 11.7 Å². The highest BCUT2D eigenvalue weighted by molar-refractivity contribution is 5.72. The third kappa shape index (κ3) is 1.53. The summed E-state index contributed by atoms with van der Waals surface area (Å²) in [5.74, 6) is 2.11. The zero-order valence-corrected chi connectivity index (χ0v) is 11.0. The van der Waals surface area contributed by atoms with E-state index < -0.39 is 0 Å². The van der Waals surface area contributed by atoms with Crippen molar-refractivity contribution in [1.29, 1.82) is 0 Å². The lowest BCUT2D eigenvalue weighted by Gasteiger charge is -2.44. The van der Waals surface area contributed by atoms with E-state index >= 15 is 0 Å². The molecule has 0 bridgehead atoms. The van der Waals surface area contributed by atoms with E-state index in [-0.39, 0.29) is 0 Å². The molecule has 1 N–H and O–H groups in total. The number of nitrogens with one attached hydrogen (secondary N) is 1. The summed E-state index contributed by atoms with van der Waals surface area (Å²) in [5, 5.41) is 8.23. The van der Waals surface area contributed by atoms with Crippen LogP contribution in [0.3, 0.4) is 0 Å². The summed E-state index contributed by atoms with van der Waals surface area (Å²) < 4.78 is 2.15. The fourth-order valence-corrected chi connectivity index (χ4v) is 3.32. The number of rotatable bonds is 1. The van der Waals surface area contributed by atoms with E-state index in [2.05, 4.69) is 40.8 Å². The molecule has 94 valence electrons. The molecule has 4 heteroatoms. The molecular formula is C13H22N4. The van der Waals surface area contributed by atoms with Gasteiger partial charge in [-0.05, 0) is 32.6 Å². The summed E-state index contributed by atoms with van der Waals surface area (Å²) in [4.78, 5) is 2.59. The molecule has 0 amide bonds. The maximum atomic E-state index is 4.64. The quantitative estimate of drug-likeness (QED) is 0.809. The summed E-state index contributed by atoms with van der Waals surface area (Å²) in [6.45, 7) is 9.87. The van der Waals surface area contributed by atoms with E-state index in [0.29, 0.717) is 6.04 Å². The van der Waals surface area contributed by atoms with Crippen molar-refractivity contribution in [3.8, 4) is 0 Å². The fraction of sp³-hybridized carbons (Fsp3) is 0.769. The lowest BCUT2D eigenvalue weighted by atomic mass is 9.89. The molecule has 0 aromatic carbocycles. The first kappa shape index (κ1) is 10.9. The number of aromatic nitrogens is 2. The van der Waals surface area contributed by atoms with Crippen LogP contribution in [-0.2, 0) is 6.54 Å². The Bertz CT molecular complexity index is 423. The van der Waals surface area contributed by atoms with Crippen molar-refractivity contribution in [2.45, 2.75) is 46.2 Å². The zero-order chi connectivity index (χ0) is 12.0. The second kappa shape index (κ2) is 3.93. The number of nitrogens with zero attached hydrogens (tertiary/aromatic N) is 3. The Morgan fingerprint density at radius 3 is 3.06 bits per heavy atom. The average Bonchev–Trinajstić information content (AvgIpc) is 2.67. The van der Waals surface area contributed by atoms with Gasteiger partial charge >= 0.3 is 0 Å². The first-order chi connectivity index (χ1) is 8.22. The van der Waals surface area contributed by atoms with Crippen LogP contribution >= 0.6 is 0 Å². The van der Waals surface area contributed by atoms with Crippen LogP contribution in [0.1, 0.15) is 32.4 Å². The Hall–Kier alpha value is -1.19. The molecule has 2 atom stereocenters. The van der Waals surface area contributed by atoms with Crippen molar-refractivity contribution in [3.05, 3.63) is 5.69 Å². The predicted octanol–water partition coefficient (Wildman–Crippen LogP) is 2.24. The molecule has 17 heavy (non-hydrogen) atoms. The van der Waals surface area contributed by atoms with Crippen LogP contribution in [0.15, 0.2) is 0 Å². The second-order valence-electron chi connectivity index (χ2n) is 5.36. The Labute approximate surface area is 103 Å². The maximum Gasteiger partial charge on any atom is 0.151 e. The Kier molecular flexibility index (Phi) is 2.53. The molecule has 1 saturated heterocycles. The summed E-state index contributed by atoms with van der Waals surface area (Å²) in [6.07, 6.45) is 2.67. The third-order valence-corrected chi connectivity index (χ3v) is 4.28. The molecule has 3 rings (SSSR count). The topological polar surface area (TPSA) is 33.1 Å². The SMILES string of the molecule is CCn1nc(C)c2c1N1CCCC(C)C1CN2. The molecule has 3 heterocycles. The van der Waals surface area contributed by atoms with Crippen molar-refractivity contribution in [1.82, 2.24) is 9.78 Å². The van der Waals surface area contributed by atoms with Crippen molar-refractivity contribution in [2.24, 2.45) is 5.92 Å². The van der Waals surface area contributed by atoms with Gasteiger partial charge in [0.15, 0.2) is 5.82 Å². The third-order valence-electron chi connectivity index (χ3n) is 4.28.